The lowest BCUT2D eigenvalue weighted by molar-refractivity contribution is -0.0478. The van der Waals surface area contributed by atoms with Gasteiger partial charge in [0.1, 0.15) is 17.3 Å². The van der Waals surface area contributed by atoms with Crippen molar-refractivity contribution in [3.05, 3.63) is 57.6 Å². The van der Waals surface area contributed by atoms with Gasteiger partial charge >= 0.3 is 5.92 Å². The number of halogens is 3. The Morgan fingerprint density at radius 3 is 2.65 bits per heavy atom. The molecule has 1 unspecified atom stereocenters. The van der Waals surface area contributed by atoms with E-state index in [1.54, 1.807) is 12.1 Å². The monoisotopic (exact) mass is 530 g/mol. The zero-order chi connectivity index (χ0) is 26.1. The van der Waals surface area contributed by atoms with Crippen molar-refractivity contribution in [3.8, 4) is 0 Å². The van der Waals surface area contributed by atoms with Gasteiger partial charge in [0.25, 0.3) is 5.91 Å². The van der Waals surface area contributed by atoms with E-state index in [4.69, 9.17) is 17.2 Å². The zero-order valence-corrected chi connectivity index (χ0v) is 20.6. The van der Waals surface area contributed by atoms with Crippen LogP contribution in [0.4, 0.5) is 29.9 Å². The van der Waals surface area contributed by atoms with Crippen molar-refractivity contribution in [1.82, 2.24) is 19.9 Å². The minimum atomic E-state index is -3.32. The molecule has 1 amide bonds. The van der Waals surface area contributed by atoms with Crippen LogP contribution in [0.1, 0.15) is 51.1 Å². The maximum atomic E-state index is 14.6. The summed E-state index contributed by atoms with van der Waals surface area (Å²) >= 11 is 0.930. The number of benzene rings is 1. The Balaban J connectivity index is 1.16. The van der Waals surface area contributed by atoms with E-state index in [2.05, 4.69) is 15.0 Å². The number of carbonyl (C=O) groups excluding carboxylic acids is 1. The highest BCUT2D eigenvalue weighted by molar-refractivity contribution is 7.15. The van der Waals surface area contributed by atoms with E-state index in [0.717, 1.165) is 46.6 Å². The van der Waals surface area contributed by atoms with Gasteiger partial charge in [-0.1, -0.05) is 17.4 Å². The third kappa shape index (κ3) is 3.87. The van der Waals surface area contributed by atoms with Crippen LogP contribution in [-0.4, -0.2) is 45.4 Å². The second-order valence-corrected chi connectivity index (χ2v) is 11.1. The van der Waals surface area contributed by atoms with E-state index in [9.17, 15) is 18.0 Å². The molecule has 2 aromatic heterocycles. The van der Waals surface area contributed by atoms with E-state index >= 15 is 0 Å². The largest absolute Gasteiger partial charge is 0.382 e. The lowest BCUT2D eigenvalue weighted by Gasteiger charge is -2.42. The quantitative estimate of drug-likeness (QED) is 0.460. The fraction of sp³-hybridized carbons (Fsp3) is 0.417. The molecule has 0 bridgehead atoms. The van der Waals surface area contributed by atoms with Gasteiger partial charge < -0.3 is 27.0 Å². The normalized spacial score (nSPS) is 21.7. The summed E-state index contributed by atoms with van der Waals surface area (Å²) < 4.78 is 42.9. The summed E-state index contributed by atoms with van der Waals surface area (Å²) in [7, 11) is 0. The molecule has 1 fully saturated rings. The topological polar surface area (TPSA) is 140 Å². The average molecular weight is 531 g/mol. The molecule has 194 valence electrons. The first kappa shape index (κ1) is 23.9. The number of aromatic nitrogens is 3. The van der Waals surface area contributed by atoms with Gasteiger partial charge in [-0.3, -0.25) is 4.79 Å². The zero-order valence-electron chi connectivity index (χ0n) is 19.8. The van der Waals surface area contributed by atoms with E-state index in [1.807, 2.05) is 4.90 Å². The van der Waals surface area contributed by atoms with Gasteiger partial charge in [-0.2, -0.15) is 8.78 Å². The van der Waals surface area contributed by atoms with Gasteiger partial charge in [-0.05, 0) is 47.9 Å². The van der Waals surface area contributed by atoms with Gasteiger partial charge in [-0.25, -0.2) is 19.3 Å². The lowest BCUT2D eigenvalue weighted by atomic mass is 9.73. The minimum absolute atomic E-state index is 0.0283. The Kier molecular flexibility index (Phi) is 5.35. The number of hydrogen-bond acceptors (Lipinski definition) is 9. The van der Waals surface area contributed by atoms with Crippen LogP contribution in [0.15, 0.2) is 24.4 Å². The summed E-state index contributed by atoms with van der Waals surface area (Å²) in [5, 5.41) is 0.0283. The first-order valence-electron chi connectivity index (χ1n) is 11.9. The Hall–Kier alpha value is -3.45. The van der Waals surface area contributed by atoms with Crippen LogP contribution in [0.2, 0.25) is 0 Å². The molecule has 1 saturated heterocycles. The average Bonchev–Trinajstić information content (AvgIpc) is 3.36. The predicted molar refractivity (Wildman–Crippen MR) is 133 cm³/mol. The summed E-state index contributed by atoms with van der Waals surface area (Å²) in [5.41, 5.74) is 19.5. The smallest absolute Gasteiger partial charge is 0.308 e. The first-order valence-corrected chi connectivity index (χ1v) is 12.7. The molecule has 4 heterocycles. The third-order valence-corrected chi connectivity index (χ3v) is 8.66. The Morgan fingerprint density at radius 1 is 1.16 bits per heavy atom. The molecule has 3 aromatic rings. The van der Waals surface area contributed by atoms with Crippen molar-refractivity contribution >= 4 is 34.0 Å². The molecule has 3 aliphatic rings. The maximum Gasteiger partial charge on any atom is 0.308 e. The molecular formula is C24H25F3N8OS. The summed E-state index contributed by atoms with van der Waals surface area (Å²) in [6.45, 7) is 0.382. The maximum absolute atomic E-state index is 14.6. The SMILES string of the molecule is Nc1nc2c(s1)CN(C(=O)c1ncc(N3CCC4(CC3)Cc3cc(F)ccc3C4N)nc1N)CC2(F)F. The highest BCUT2D eigenvalue weighted by Crippen LogP contribution is 2.51. The Bertz CT molecular complexity index is 1400. The molecule has 37 heavy (non-hydrogen) atoms. The number of nitrogen functional groups attached to an aromatic ring is 2. The standard InChI is InChI=1S/C24H25F3N8OS/c25-13-1-2-14-12(7-13)8-23(18(14)28)3-5-34(6-4-23)16-9-31-17(20(29)32-16)21(36)35-10-15-19(24(26,27)11-35)33-22(30)37-15/h1-2,7,9,18H,3-6,8,10-11,28H2,(H2,29,32)(H2,30,33). The predicted octanol–water partition coefficient (Wildman–Crippen LogP) is 2.83. The van der Waals surface area contributed by atoms with Crippen molar-refractivity contribution in [1.29, 1.82) is 0 Å². The molecular weight excluding hydrogens is 505 g/mol. The Labute approximate surface area is 214 Å². The number of fused-ring (bicyclic) bond motifs is 2. The van der Waals surface area contributed by atoms with E-state index in [0.29, 0.717) is 18.9 Å². The number of nitrogens with zero attached hydrogens (tertiary/aromatic N) is 5. The molecule has 1 spiro atoms. The number of alkyl halides is 2. The third-order valence-electron chi connectivity index (χ3n) is 7.79. The van der Waals surface area contributed by atoms with E-state index in [1.165, 1.54) is 12.3 Å². The van der Waals surface area contributed by atoms with Crippen molar-refractivity contribution in [2.75, 3.05) is 36.0 Å². The van der Waals surface area contributed by atoms with Crippen molar-refractivity contribution in [2.45, 2.75) is 37.8 Å². The van der Waals surface area contributed by atoms with Crippen molar-refractivity contribution in [3.63, 3.8) is 0 Å². The molecule has 1 atom stereocenters. The summed E-state index contributed by atoms with van der Waals surface area (Å²) in [6.07, 6.45) is 3.72. The molecule has 0 radical (unpaired) electrons. The minimum Gasteiger partial charge on any atom is -0.382 e. The van der Waals surface area contributed by atoms with Gasteiger partial charge in [0.15, 0.2) is 16.6 Å². The number of amides is 1. The highest BCUT2D eigenvalue weighted by atomic mass is 32.1. The number of anilines is 3. The number of thiazole rings is 1. The fourth-order valence-corrected chi connectivity index (χ4v) is 6.73. The Morgan fingerprint density at radius 2 is 1.92 bits per heavy atom. The first-order chi connectivity index (χ1) is 17.6. The second-order valence-electron chi connectivity index (χ2n) is 10.00. The molecule has 6 rings (SSSR count). The van der Waals surface area contributed by atoms with Gasteiger partial charge in [0.2, 0.25) is 0 Å². The fourth-order valence-electron chi connectivity index (χ4n) is 5.83. The molecule has 2 aliphatic heterocycles. The van der Waals surface area contributed by atoms with E-state index < -0.39 is 18.4 Å². The van der Waals surface area contributed by atoms with Crippen LogP contribution >= 0.6 is 11.3 Å². The van der Waals surface area contributed by atoms with Crippen molar-refractivity contribution < 1.29 is 18.0 Å². The number of hydrogen-bond donors (Lipinski definition) is 3. The number of rotatable bonds is 2. The summed E-state index contributed by atoms with van der Waals surface area (Å²) in [4.78, 5) is 28.6. The van der Waals surface area contributed by atoms with Crippen molar-refractivity contribution in [2.24, 2.45) is 11.1 Å². The number of carbonyl (C=O) groups is 1. The van der Waals surface area contributed by atoms with Gasteiger partial charge in [0.05, 0.1) is 24.2 Å². The molecule has 13 heteroatoms. The summed E-state index contributed by atoms with van der Waals surface area (Å²) in [6, 6.07) is 4.63. The number of nitrogens with two attached hydrogens (primary N) is 3. The van der Waals surface area contributed by atoms with Gasteiger partial charge in [0, 0.05) is 19.1 Å². The second kappa shape index (κ2) is 8.28. The van der Waals surface area contributed by atoms with Crippen LogP contribution in [0.25, 0.3) is 0 Å². The summed E-state index contributed by atoms with van der Waals surface area (Å²) in [5.74, 6) is -3.93. The highest BCUT2D eigenvalue weighted by Gasteiger charge is 2.47. The molecule has 9 nitrogen and oxygen atoms in total. The molecule has 1 aliphatic carbocycles. The molecule has 1 aromatic carbocycles. The van der Waals surface area contributed by atoms with Crippen LogP contribution in [-0.2, 0) is 18.9 Å². The van der Waals surface area contributed by atoms with Crippen LogP contribution in [0.5, 0.6) is 0 Å². The van der Waals surface area contributed by atoms with Gasteiger partial charge in [-0.15, -0.1) is 0 Å². The number of piperidine rings is 1. The van der Waals surface area contributed by atoms with Crippen LogP contribution in [0.3, 0.4) is 0 Å². The molecule has 0 saturated carbocycles. The van der Waals surface area contributed by atoms with E-state index in [-0.39, 0.29) is 51.0 Å². The molecule has 6 N–H and O–H groups in total. The van der Waals surface area contributed by atoms with Crippen LogP contribution < -0.4 is 22.1 Å². The lowest BCUT2D eigenvalue weighted by Crippen LogP contribution is -2.45. The van der Waals surface area contributed by atoms with Crippen LogP contribution in [0, 0.1) is 11.2 Å².